The minimum atomic E-state index is -0.715. The van der Waals surface area contributed by atoms with Gasteiger partial charge in [0.2, 0.25) is 5.91 Å². The molecule has 1 aliphatic carbocycles. The van der Waals surface area contributed by atoms with Crippen LogP contribution in [0, 0.1) is 0 Å². The van der Waals surface area contributed by atoms with Crippen molar-refractivity contribution in [2.24, 2.45) is 0 Å². The number of carbonyl (C=O) groups excluding carboxylic acids is 1. The quantitative estimate of drug-likeness (QED) is 0.581. The van der Waals surface area contributed by atoms with E-state index >= 15 is 0 Å². The lowest BCUT2D eigenvalue weighted by Gasteiger charge is -2.26. The Balaban J connectivity index is 1.80. The Hall–Kier alpha value is -1.55. The molecule has 0 atom stereocenters. The zero-order valence-corrected chi connectivity index (χ0v) is 11.9. The van der Waals surface area contributed by atoms with Crippen LogP contribution in [-0.4, -0.2) is 23.2 Å². The number of hydrogen-bond donors (Lipinski definition) is 3. The number of anilines is 1. The molecule has 0 aliphatic heterocycles. The number of amides is 1. The first-order valence-electron chi connectivity index (χ1n) is 7.41. The average Bonchev–Trinajstić information content (AvgIpc) is 2.65. The molecule has 20 heavy (non-hydrogen) atoms. The molecule has 0 aromatic heterocycles. The first-order valence-corrected chi connectivity index (χ1v) is 7.41. The molecule has 2 rings (SSSR count). The van der Waals surface area contributed by atoms with Crippen LogP contribution in [0.25, 0.3) is 0 Å². The van der Waals surface area contributed by atoms with Gasteiger partial charge in [-0.3, -0.25) is 4.79 Å². The molecule has 1 aromatic rings. The number of nitrogens with two attached hydrogens (primary N) is 1. The lowest BCUT2D eigenvalue weighted by molar-refractivity contribution is -0.121. The predicted molar refractivity (Wildman–Crippen MR) is 80.2 cm³/mol. The van der Waals surface area contributed by atoms with Crippen molar-refractivity contribution in [3.63, 3.8) is 0 Å². The van der Waals surface area contributed by atoms with Gasteiger partial charge in [-0.05, 0) is 30.5 Å². The summed E-state index contributed by atoms with van der Waals surface area (Å²) in [5.41, 5.74) is 6.53. The molecule has 4 N–H and O–H groups in total. The normalized spacial score (nSPS) is 18.2. The molecule has 4 heteroatoms. The van der Waals surface area contributed by atoms with Gasteiger partial charge in [-0.2, -0.15) is 0 Å². The summed E-state index contributed by atoms with van der Waals surface area (Å²) < 4.78 is 0. The smallest absolute Gasteiger partial charge is 0.224 e. The summed E-state index contributed by atoms with van der Waals surface area (Å²) >= 11 is 0. The molecule has 1 saturated carbocycles. The van der Waals surface area contributed by atoms with E-state index in [-0.39, 0.29) is 5.91 Å². The zero-order valence-electron chi connectivity index (χ0n) is 11.9. The van der Waals surface area contributed by atoms with E-state index in [4.69, 9.17) is 5.73 Å². The van der Waals surface area contributed by atoms with Crippen molar-refractivity contribution in [3.8, 4) is 0 Å². The van der Waals surface area contributed by atoms with Crippen LogP contribution >= 0.6 is 0 Å². The fourth-order valence-corrected chi connectivity index (χ4v) is 2.71. The number of benzene rings is 1. The molecule has 1 aliphatic rings. The summed E-state index contributed by atoms with van der Waals surface area (Å²) in [5.74, 6) is -0.0487. The highest BCUT2D eigenvalue weighted by Crippen LogP contribution is 2.26. The topological polar surface area (TPSA) is 75.4 Å². The molecule has 4 nitrogen and oxygen atoms in total. The van der Waals surface area contributed by atoms with Crippen molar-refractivity contribution in [2.75, 3.05) is 12.3 Å². The van der Waals surface area contributed by atoms with Crippen LogP contribution in [0.5, 0.6) is 0 Å². The van der Waals surface area contributed by atoms with Crippen molar-refractivity contribution < 1.29 is 9.90 Å². The van der Waals surface area contributed by atoms with E-state index in [0.717, 1.165) is 31.2 Å². The Morgan fingerprint density at radius 2 is 1.75 bits per heavy atom. The van der Waals surface area contributed by atoms with Gasteiger partial charge >= 0.3 is 0 Å². The number of nitrogens with one attached hydrogen (secondary N) is 1. The van der Waals surface area contributed by atoms with Gasteiger partial charge in [0.15, 0.2) is 0 Å². The maximum Gasteiger partial charge on any atom is 0.224 e. The fraction of sp³-hybridized carbons (Fsp3) is 0.562. The van der Waals surface area contributed by atoms with Crippen LogP contribution in [0.2, 0.25) is 0 Å². The lowest BCUT2D eigenvalue weighted by atomic mass is 9.94. The summed E-state index contributed by atoms with van der Waals surface area (Å²) in [4.78, 5) is 11.9. The maximum absolute atomic E-state index is 11.9. The molecule has 0 spiro atoms. The van der Waals surface area contributed by atoms with Crippen LogP contribution in [0.15, 0.2) is 24.3 Å². The highest BCUT2D eigenvalue weighted by Gasteiger charge is 2.28. The predicted octanol–water partition coefficient (Wildman–Crippen LogP) is 2.01. The summed E-state index contributed by atoms with van der Waals surface area (Å²) in [7, 11) is 0. The zero-order chi connectivity index (χ0) is 14.4. The Bertz CT molecular complexity index is 434. The molecule has 0 bridgehead atoms. The van der Waals surface area contributed by atoms with Gasteiger partial charge in [0.25, 0.3) is 0 Å². The van der Waals surface area contributed by atoms with Gasteiger partial charge in [-0.15, -0.1) is 0 Å². The van der Waals surface area contributed by atoms with E-state index in [2.05, 4.69) is 5.32 Å². The third kappa shape index (κ3) is 4.53. The summed E-state index contributed by atoms with van der Waals surface area (Å²) in [6.45, 7) is 0.362. The number of nitrogen functional groups attached to an aromatic ring is 1. The molecule has 0 unspecified atom stereocenters. The molecule has 0 radical (unpaired) electrons. The first kappa shape index (κ1) is 14.9. The largest absolute Gasteiger partial charge is 0.399 e. The van der Waals surface area contributed by atoms with Crippen molar-refractivity contribution >= 4 is 11.6 Å². The van der Waals surface area contributed by atoms with Gasteiger partial charge in [0, 0.05) is 12.2 Å². The molecule has 0 saturated heterocycles. The van der Waals surface area contributed by atoms with Gasteiger partial charge < -0.3 is 16.2 Å². The van der Waals surface area contributed by atoms with Crippen molar-refractivity contribution in [3.05, 3.63) is 29.8 Å². The molecule has 0 heterocycles. The standard InChI is InChI=1S/C16H24N2O2/c17-14-7-5-13(6-8-14)11-15(19)18-12-16(20)9-3-1-2-4-10-16/h5-8,20H,1-4,9-12,17H2,(H,18,19). The van der Waals surface area contributed by atoms with E-state index in [1.165, 1.54) is 12.8 Å². The lowest BCUT2D eigenvalue weighted by Crippen LogP contribution is -2.43. The molecule has 1 fully saturated rings. The third-order valence-electron chi connectivity index (χ3n) is 3.99. The number of hydrogen-bond acceptors (Lipinski definition) is 3. The summed E-state index contributed by atoms with van der Waals surface area (Å²) in [5, 5.41) is 13.3. The van der Waals surface area contributed by atoms with Crippen molar-refractivity contribution in [1.29, 1.82) is 0 Å². The molecular formula is C16H24N2O2. The second-order valence-corrected chi connectivity index (χ2v) is 5.83. The molecule has 110 valence electrons. The highest BCUT2D eigenvalue weighted by molar-refractivity contribution is 5.78. The Kier molecular flexibility index (Phi) is 5.01. The van der Waals surface area contributed by atoms with E-state index < -0.39 is 5.60 Å². The fourth-order valence-electron chi connectivity index (χ4n) is 2.71. The van der Waals surface area contributed by atoms with Crippen LogP contribution < -0.4 is 11.1 Å². The van der Waals surface area contributed by atoms with Crippen LogP contribution in [0.1, 0.15) is 44.1 Å². The maximum atomic E-state index is 11.9. The molecule has 1 aromatic carbocycles. The van der Waals surface area contributed by atoms with Gasteiger partial charge in [0.1, 0.15) is 0 Å². The average molecular weight is 276 g/mol. The highest BCUT2D eigenvalue weighted by atomic mass is 16.3. The van der Waals surface area contributed by atoms with E-state index in [1.807, 2.05) is 12.1 Å². The SMILES string of the molecule is Nc1ccc(CC(=O)NCC2(O)CCCCCC2)cc1. The van der Waals surface area contributed by atoms with Crippen molar-refractivity contribution in [2.45, 2.75) is 50.5 Å². The van der Waals surface area contributed by atoms with Crippen LogP contribution in [0.3, 0.4) is 0 Å². The summed E-state index contributed by atoms with van der Waals surface area (Å²) in [6, 6.07) is 7.30. The minimum absolute atomic E-state index is 0.0487. The van der Waals surface area contributed by atoms with E-state index in [9.17, 15) is 9.90 Å². The van der Waals surface area contributed by atoms with Crippen LogP contribution in [-0.2, 0) is 11.2 Å². The Labute approximate surface area is 120 Å². The van der Waals surface area contributed by atoms with Crippen LogP contribution in [0.4, 0.5) is 5.69 Å². The minimum Gasteiger partial charge on any atom is -0.399 e. The second kappa shape index (κ2) is 6.75. The van der Waals surface area contributed by atoms with Crippen molar-refractivity contribution in [1.82, 2.24) is 5.32 Å². The van der Waals surface area contributed by atoms with Gasteiger partial charge in [0.05, 0.1) is 12.0 Å². The second-order valence-electron chi connectivity index (χ2n) is 5.83. The number of rotatable bonds is 4. The summed E-state index contributed by atoms with van der Waals surface area (Å²) in [6.07, 6.45) is 6.36. The molecular weight excluding hydrogens is 252 g/mol. The Morgan fingerprint density at radius 1 is 1.15 bits per heavy atom. The molecule has 1 amide bonds. The number of carbonyl (C=O) groups is 1. The third-order valence-corrected chi connectivity index (χ3v) is 3.99. The van der Waals surface area contributed by atoms with E-state index in [0.29, 0.717) is 18.7 Å². The monoisotopic (exact) mass is 276 g/mol. The number of aliphatic hydroxyl groups is 1. The van der Waals surface area contributed by atoms with Gasteiger partial charge in [-0.25, -0.2) is 0 Å². The Morgan fingerprint density at radius 3 is 2.35 bits per heavy atom. The first-order chi connectivity index (χ1) is 9.57. The van der Waals surface area contributed by atoms with E-state index in [1.54, 1.807) is 12.1 Å². The van der Waals surface area contributed by atoms with Gasteiger partial charge in [-0.1, -0.05) is 37.8 Å².